The smallest absolute Gasteiger partial charge is 0.414 e. The Kier molecular flexibility index (Phi) is 5.12. The minimum Gasteiger partial charge on any atom is -0.442 e. The highest BCUT2D eigenvalue weighted by Crippen LogP contribution is 2.35. The summed E-state index contributed by atoms with van der Waals surface area (Å²) < 4.78 is 5.25. The first-order valence-electron chi connectivity index (χ1n) is 9.46. The lowest BCUT2D eigenvalue weighted by Gasteiger charge is -2.13. The topological polar surface area (TPSA) is 131 Å². The minimum atomic E-state index is -0.510. The highest BCUT2D eigenvalue weighted by atomic mass is 16.6. The van der Waals surface area contributed by atoms with Gasteiger partial charge in [-0.25, -0.2) is 4.79 Å². The SMILES string of the molecule is CC(=O)NC[C@H]1CN(c2ccc(/C=C3/C(=O)Nc4ccc([N+](=O)[O-])cc43)cc2)C(=O)O1. The molecule has 158 valence electrons. The highest BCUT2D eigenvalue weighted by Gasteiger charge is 2.32. The van der Waals surface area contributed by atoms with Crippen molar-refractivity contribution in [2.24, 2.45) is 0 Å². The summed E-state index contributed by atoms with van der Waals surface area (Å²) in [6.45, 7) is 1.93. The van der Waals surface area contributed by atoms with Crippen molar-refractivity contribution in [1.29, 1.82) is 0 Å². The van der Waals surface area contributed by atoms with Crippen LogP contribution in [0.2, 0.25) is 0 Å². The average molecular weight is 422 g/mol. The van der Waals surface area contributed by atoms with Gasteiger partial charge < -0.3 is 15.4 Å². The Hall–Kier alpha value is -4.21. The van der Waals surface area contributed by atoms with Gasteiger partial charge in [0, 0.05) is 41.6 Å². The van der Waals surface area contributed by atoms with Gasteiger partial charge in [0.25, 0.3) is 11.6 Å². The number of carbonyl (C=O) groups excluding carboxylic acids is 3. The first-order valence-corrected chi connectivity index (χ1v) is 9.46. The van der Waals surface area contributed by atoms with Gasteiger partial charge in [-0.1, -0.05) is 12.1 Å². The lowest BCUT2D eigenvalue weighted by atomic mass is 10.0. The largest absolute Gasteiger partial charge is 0.442 e. The summed E-state index contributed by atoms with van der Waals surface area (Å²) >= 11 is 0. The zero-order valence-electron chi connectivity index (χ0n) is 16.5. The maximum Gasteiger partial charge on any atom is 0.414 e. The molecule has 10 heteroatoms. The monoisotopic (exact) mass is 422 g/mol. The lowest BCUT2D eigenvalue weighted by molar-refractivity contribution is -0.384. The summed E-state index contributed by atoms with van der Waals surface area (Å²) in [5.41, 5.74) is 2.51. The number of non-ortho nitro benzene ring substituents is 1. The summed E-state index contributed by atoms with van der Waals surface area (Å²) in [5.74, 6) is -0.543. The Morgan fingerprint density at radius 3 is 2.71 bits per heavy atom. The van der Waals surface area contributed by atoms with Gasteiger partial charge in [0.15, 0.2) is 0 Å². The molecule has 31 heavy (non-hydrogen) atoms. The van der Waals surface area contributed by atoms with E-state index < -0.39 is 17.1 Å². The number of fused-ring (bicyclic) bond motifs is 1. The van der Waals surface area contributed by atoms with Gasteiger partial charge in [-0.3, -0.25) is 24.6 Å². The number of hydrogen-bond donors (Lipinski definition) is 2. The molecular formula is C21H18N4O6. The molecule has 2 aliphatic heterocycles. The molecule has 4 rings (SSSR count). The number of hydrogen-bond acceptors (Lipinski definition) is 6. The number of carbonyl (C=O) groups is 3. The predicted molar refractivity (Wildman–Crippen MR) is 112 cm³/mol. The summed E-state index contributed by atoms with van der Waals surface area (Å²) in [6.07, 6.45) is 0.696. The van der Waals surface area contributed by atoms with Crippen LogP contribution in [-0.2, 0) is 14.3 Å². The van der Waals surface area contributed by atoms with E-state index in [1.54, 1.807) is 30.3 Å². The van der Waals surface area contributed by atoms with Crippen LogP contribution in [0.1, 0.15) is 18.1 Å². The maximum atomic E-state index is 12.3. The second-order valence-electron chi connectivity index (χ2n) is 7.14. The normalized spacial score (nSPS) is 18.5. The molecule has 0 aliphatic carbocycles. The fourth-order valence-corrected chi connectivity index (χ4v) is 3.45. The van der Waals surface area contributed by atoms with E-state index in [2.05, 4.69) is 10.6 Å². The molecule has 0 aromatic heterocycles. The standard InChI is InChI=1S/C21H18N4O6/c1-12(26)22-10-16-11-24(21(28)31-16)14-4-2-13(3-5-14)8-18-17-9-15(25(29)30)6-7-19(17)23-20(18)27/h2-9,16H,10-11H2,1H3,(H,22,26)(H,23,27)/b18-8+/t16-/m0/s1. The van der Waals surface area contributed by atoms with Crippen LogP contribution < -0.4 is 15.5 Å². The minimum absolute atomic E-state index is 0.0992. The van der Waals surface area contributed by atoms with Crippen molar-refractivity contribution >= 4 is 46.6 Å². The van der Waals surface area contributed by atoms with Gasteiger partial charge in [0.05, 0.1) is 18.0 Å². The molecule has 0 spiro atoms. The third-order valence-corrected chi connectivity index (χ3v) is 4.97. The number of amides is 3. The second-order valence-corrected chi connectivity index (χ2v) is 7.14. The Labute approximate surface area is 176 Å². The van der Waals surface area contributed by atoms with Gasteiger partial charge in [-0.2, -0.15) is 0 Å². The van der Waals surface area contributed by atoms with E-state index >= 15 is 0 Å². The van der Waals surface area contributed by atoms with Crippen LogP contribution >= 0.6 is 0 Å². The van der Waals surface area contributed by atoms with Gasteiger partial charge in [-0.15, -0.1) is 0 Å². The van der Waals surface area contributed by atoms with Crippen LogP contribution in [0.25, 0.3) is 11.6 Å². The van der Waals surface area contributed by atoms with Crippen molar-refractivity contribution in [3.05, 3.63) is 63.7 Å². The van der Waals surface area contributed by atoms with E-state index in [9.17, 15) is 24.5 Å². The number of benzene rings is 2. The van der Waals surface area contributed by atoms with Crippen molar-refractivity contribution in [1.82, 2.24) is 5.32 Å². The Bertz CT molecular complexity index is 1130. The highest BCUT2D eigenvalue weighted by molar-refractivity contribution is 6.35. The lowest BCUT2D eigenvalue weighted by Crippen LogP contribution is -2.33. The molecule has 1 fully saturated rings. The number of nitro benzene ring substituents is 1. The fourth-order valence-electron chi connectivity index (χ4n) is 3.45. The molecule has 0 saturated carbocycles. The van der Waals surface area contributed by atoms with E-state index in [0.717, 1.165) is 0 Å². The molecule has 2 aromatic carbocycles. The van der Waals surface area contributed by atoms with Crippen molar-refractivity contribution in [3.8, 4) is 0 Å². The Balaban J connectivity index is 1.53. The average Bonchev–Trinajstić information content (AvgIpc) is 3.26. The van der Waals surface area contributed by atoms with Crippen LogP contribution in [0.5, 0.6) is 0 Å². The number of ether oxygens (including phenoxy) is 1. The fraction of sp³-hybridized carbons (Fsp3) is 0.190. The number of nitrogens with zero attached hydrogens (tertiary/aromatic N) is 2. The predicted octanol–water partition coefficient (Wildman–Crippen LogP) is 2.55. The Morgan fingerprint density at radius 1 is 1.29 bits per heavy atom. The number of rotatable bonds is 5. The van der Waals surface area contributed by atoms with E-state index in [-0.39, 0.29) is 24.0 Å². The molecule has 2 aromatic rings. The molecule has 0 unspecified atom stereocenters. The summed E-state index contributed by atoms with van der Waals surface area (Å²) in [5, 5.41) is 16.4. The first kappa shape index (κ1) is 20.1. The van der Waals surface area contributed by atoms with Gasteiger partial charge in [0.1, 0.15) is 6.10 Å². The van der Waals surface area contributed by atoms with Crippen molar-refractivity contribution in [2.75, 3.05) is 23.3 Å². The molecule has 3 amide bonds. The molecular weight excluding hydrogens is 404 g/mol. The van der Waals surface area contributed by atoms with Crippen molar-refractivity contribution in [3.63, 3.8) is 0 Å². The number of anilines is 2. The maximum absolute atomic E-state index is 12.3. The molecule has 1 atom stereocenters. The van der Waals surface area contributed by atoms with E-state index in [0.29, 0.717) is 34.6 Å². The van der Waals surface area contributed by atoms with Crippen molar-refractivity contribution < 1.29 is 24.0 Å². The molecule has 0 bridgehead atoms. The van der Waals surface area contributed by atoms with E-state index in [4.69, 9.17) is 4.74 Å². The molecule has 2 heterocycles. The molecule has 10 nitrogen and oxygen atoms in total. The van der Waals surface area contributed by atoms with Crippen LogP contribution in [0, 0.1) is 10.1 Å². The third-order valence-electron chi connectivity index (χ3n) is 4.97. The number of cyclic esters (lactones) is 1. The van der Waals surface area contributed by atoms with E-state index in [1.165, 1.54) is 30.0 Å². The van der Waals surface area contributed by atoms with Gasteiger partial charge >= 0.3 is 6.09 Å². The zero-order valence-corrected chi connectivity index (χ0v) is 16.5. The summed E-state index contributed by atoms with van der Waals surface area (Å²) in [6, 6.07) is 11.1. The third kappa shape index (κ3) is 4.08. The summed E-state index contributed by atoms with van der Waals surface area (Å²) in [7, 11) is 0. The first-order chi connectivity index (χ1) is 14.8. The quantitative estimate of drug-likeness (QED) is 0.433. The van der Waals surface area contributed by atoms with Crippen LogP contribution in [-0.4, -0.2) is 42.0 Å². The van der Waals surface area contributed by atoms with Crippen LogP contribution in [0.3, 0.4) is 0 Å². The summed E-state index contributed by atoms with van der Waals surface area (Å²) in [4.78, 5) is 47.5. The second kappa shape index (κ2) is 7.90. The van der Waals surface area contributed by atoms with Gasteiger partial charge in [0.2, 0.25) is 5.91 Å². The number of nitro groups is 1. The number of nitrogens with one attached hydrogen (secondary N) is 2. The molecule has 0 radical (unpaired) electrons. The Morgan fingerprint density at radius 2 is 2.03 bits per heavy atom. The van der Waals surface area contributed by atoms with Crippen LogP contribution in [0.15, 0.2) is 42.5 Å². The van der Waals surface area contributed by atoms with Crippen molar-refractivity contribution in [2.45, 2.75) is 13.0 Å². The molecule has 2 aliphatic rings. The molecule has 2 N–H and O–H groups in total. The van der Waals surface area contributed by atoms with E-state index in [1.807, 2.05) is 0 Å². The van der Waals surface area contributed by atoms with Crippen LogP contribution in [0.4, 0.5) is 21.9 Å². The zero-order chi connectivity index (χ0) is 22.1. The van der Waals surface area contributed by atoms with Gasteiger partial charge in [-0.05, 0) is 29.8 Å². The molecule has 1 saturated heterocycles.